The van der Waals surface area contributed by atoms with E-state index < -0.39 is 11.2 Å². The SMILES string of the molecule is Cc1cccc(Cl)c1NC(=O)CCSc1nc2c(=O)n(C)c(=O)n(C)c2n1C. The predicted molar refractivity (Wildman–Crippen MR) is 111 cm³/mol. The highest BCUT2D eigenvalue weighted by molar-refractivity contribution is 7.99. The lowest BCUT2D eigenvalue weighted by molar-refractivity contribution is -0.115. The highest BCUT2D eigenvalue weighted by atomic mass is 35.5. The van der Waals surface area contributed by atoms with E-state index in [-0.39, 0.29) is 17.8 Å². The lowest BCUT2D eigenvalue weighted by atomic mass is 10.2. The van der Waals surface area contributed by atoms with Crippen molar-refractivity contribution in [3.8, 4) is 0 Å². The molecule has 148 valence electrons. The van der Waals surface area contributed by atoms with Gasteiger partial charge in [-0.1, -0.05) is 35.5 Å². The van der Waals surface area contributed by atoms with Gasteiger partial charge in [0.25, 0.3) is 5.56 Å². The Morgan fingerprint density at radius 1 is 1.18 bits per heavy atom. The van der Waals surface area contributed by atoms with Crippen molar-refractivity contribution < 1.29 is 4.79 Å². The number of nitrogens with zero attached hydrogens (tertiary/aromatic N) is 4. The van der Waals surface area contributed by atoms with Gasteiger partial charge in [0.15, 0.2) is 16.3 Å². The Morgan fingerprint density at radius 3 is 2.57 bits per heavy atom. The lowest BCUT2D eigenvalue weighted by Crippen LogP contribution is -2.37. The quantitative estimate of drug-likeness (QED) is 0.637. The number of anilines is 1. The molecular formula is C18H20ClN5O3S. The van der Waals surface area contributed by atoms with Gasteiger partial charge in [-0.2, -0.15) is 0 Å². The maximum Gasteiger partial charge on any atom is 0.332 e. The minimum atomic E-state index is -0.438. The Hall–Kier alpha value is -2.52. The first-order chi connectivity index (χ1) is 13.2. The standard InChI is InChI=1S/C18H20ClN5O3S/c1-10-6-5-7-11(19)13(10)20-12(25)8-9-28-17-21-14-15(22(17)2)23(3)18(27)24(4)16(14)26/h5-7H,8-9H2,1-4H3,(H,20,25). The maximum absolute atomic E-state index is 12.3. The first kappa shape index (κ1) is 20.2. The minimum Gasteiger partial charge on any atom is -0.325 e. The van der Waals surface area contributed by atoms with E-state index in [1.165, 1.54) is 23.4 Å². The largest absolute Gasteiger partial charge is 0.332 e. The van der Waals surface area contributed by atoms with Gasteiger partial charge in [0.1, 0.15) is 0 Å². The number of carbonyl (C=O) groups excluding carboxylic acids is 1. The van der Waals surface area contributed by atoms with Crippen LogP contribution in [0.3, 0.4) is 0 Å². The number of rotatable bonds is 5. The number of nitrogens with one attached hydrogen (secondary N) is 1. The molecule has 28 heavy (non-hydrogen) atoms. The zero-order valence-corrected chi connectivity index (χ0v) is 17.5. The van der Waals surface area contributed by atoms with Crippen LogP contribution in [0.15, 0.2) is 32.9 Å². The lowest BCUT2D eigenvalue weighted by Gasteiger charge is -2.10. The van der Waals surface area contributed by atoms with Gasteiger partial charge in [-0.05, 0) is 18.6 Å². The van der Waals surface area contributed by atoms with Crippen LogP contribution in [-0.4, -0.2) is 30.3 Å². The van der Waals surface area contributed by atoms with Crippen LogP contribution in [0, 0.1) is 6.92 Å². The number of halogens is 1. The maximum atomic E-state index is 12.3. The summed E-state index contributed by atoms with van der Waals surface area (Å²) >= 11 is 7.48. The molecule has 1 aromatic carbocycles. The Labute approximate surface area is 170 Å². The van der Waals surface area contributed by atoms with Crippen molar-refractivity contribution in [1.82, 2.24) is 18.7 Å². The number of fused-ring (bicyclic) bond motifs is 1. The number of thioether (sulfide) groups is 1. The molecule has 0 atom stereocenters. The van der Waals surface area contributed by atoms with Crippen LogP contribution in [0.4, 0.5) is 5.69 Å². The Kier molecular flexibility index (Phi) is 5.66. The third-order valence-electron chi connectivity index (χ3n) is 4.47. The minimum absolute atomic E-state index is 0.161. The summed E-state index contributed by atoms with van der Waals surface area (Å²) in [5.74, 6) is 0.298. The number of hydrogen-bond acceptors (Lipinski definition) is 5. The van der Waals surface area contributed by atoms with Crippen LogP contribution in [0.2, 0.25) is 5.02 Å². The summed E-state index contributed by atoms with van der Waals surface area (Å²) in [6.07, 6.45) is 0.246. The number of aromatic nitrogens is 4. The molecule has 1 N–H and O–H groups in total. The van der Waals surface area contributed by atoms with Crippen molar-refractivity contribution in [2.24, 2.45) is 21.1 Å². The molecule has 10 heteroatoms. The fraction of sp³-hybridized carbons (Fsp3) is 0.333. The van der Waals surface area contributed by atoms with Crippen molar-refractivity contribution in [2.75, 3.05) is 11.1 Å². The van der Waals surface area contributed by atoms with Gasteiger partial charge in [0, 0.05) is 33.3 Å². The van der Waals surface area contributed by atoms with Gasteiger partial charge in [0.2, 0.25) is 5.91 Å². The summed E-state index contributed by atoms with van der Waals surface area (Å²) in [6, 6.07) is 5.43. The molecule has 0 bridgehead atoms. The number of hydrogen-bond donors (Lipinski definition) is 1. The summed E-state index contributed by atoms with van der Waals surface area (Å²) in [5, 5.41) is 3.89. The normalized spacial score (nSPS) is 11.2. The molecule has 3 aromatic rings. The van der Waals surface area contributed by atoms with Crippen LogP contribution < -0.4 is 16.6 Å². The van der Waals surface area contributed by atoms with Crippen LogP contribution >= 0.6 is 23.4 Å². The second kappa shape index (κ2) is 7.84. The molecule has 0 radical (unpaired) electrons. The number of amides is 1. The molecule has 0 fully saturated rings. The fourth-order valence-electron chi connectivity index (χ4n) is 2.92. The molecular weight excluding hydrogens is 402 g/mol. The summed E-state index contributed by atoms with van der Waals surface area (Å²) in [5.41, 5.74) is 1.33. The van der Waals surface area contributed by atoms with Crippen molar-refractivity contribution in [2.45, 2.75) is 18.5 Å². The van der Waals surface area contributed by atoms with Gasteiger partial charge in [-0.15, -0.1) is 0 Å². The molecule has 0 aliphatic rings. The van der Waals surface area contributed by atoms with Gasteiger partial charge < -0.3 is 9.88 Å². The Morgan fingerprint density at radius 2 is 1.89 bits per heavy atom. The van der Waals surface area contributed by atoms with E-state index in [0.29, 0.717) is 27.3 Å². The van der Waals surface area contributed by atoms with Crippen LogP contribution in [0.1, 0.15) is 12.0 Å². The summed E-state index contributed by atoms with van der Waals surface area (Å²) in [7, 11) is 4.76. The van der Waals surface area contributed by atoms with Gasteiger partial charge in [-0.25, -0.2) is 9.78 Å². The molecule has 0 aliphatic heterocycles. The number of benzene rings is 1. The van der Waals surface area contributed by atoms with Gasteiger partial charge in [0.05, 0.1) is 10.7 Å². The second-order valence-corrected chi connectivity index (χ2v) is 7.88. The average Bonchev–Trinajstić information content (AvgIpc) is 2.98. The number of carbonyl (C=O) groups is 1. The molecule has 0 spiro atoms. The number of para-hydroxylation sites is 1. The van der Waals surface area contributed by atoms with E-state index in [4.69, 9.17) is 11.6 Å². The van der Waals surface area contributed by atoms with Crippen LogP contribution in [0.5, 0.6) is 0 Å². The summed E-state index contributed by atoms with van der Waals surface area (Å²) in [4.78, 5) is 41.0. The summed E-state index contributed by atoms with van der Waals surface area (Å²) in [6.45, 7) is 1.88. The van der Waals surface area contributed by atoms with Crippen molar-refractivity contribution in [3.05, 3.63) is 49.6 Å². The van der Waals surface area contributed by atoms with E-state index >= 15 is 0 Å². The zero-order valence-electron chi connectivity index (χ0n) is 15.9. The van der Waals surface area contributed by atoms with E-state index in [0.717, 1.165) is 10.1 Å². The zero-order chi connectivity index (χ0) is 20.6. The molecule has 1 amide bonds. The average molecular weight is 422 g/mol. The van der Waals surface area contributed by atoms with E-state index in [1.54, 1.807) is 24.7 Å². The van der Waals surface area contributed by atoms with Gasteiger partial charge >= 0.3 is 5.69 Å². The van der Waals surface area contributed by atoms with Crippen molar-refractivity contribution in [1.29, 1.82) is 0 Å². The van der Waals surface area contributed by atoms with E-state index in [9.17, 15) is 14.4 Å². The first-order valence-corrected chi connectivity index (χ1v) is 9.89. The smallest absolute Gasteiger partial charge is 0.325 e. The molecule has 8 nitrogen and oxygen atoms in total. The molecule has 0 unspecified atom stereocenters. The monoisotopic (exact) mass is 421 g/mol. The molecule has 0 aliphatic carbocycles. The topological polar surface area (TPSA) is 90.9 Å². The van der Waals surface area contributed by atoms with Crippen molar-refractivity contribution >= 4 is 46.1 Å². The molecule has 3 rings (SSSR count). The third-order valence-corrected chi connectivity index (χ3v) is 5.82. The van der Waals surface area contributed by atoms with E-state index in [2.05, 4.69) is 10.3 Å². The second-order valence-electron chi connectivity index (χ2n) is 6.41. The Balaban J connectivity index is 1.74. The predicted octanol–water partition coefficient (Wildman–Crippen LogP) is 2.05. The van der Waals surface area contributed by atoms with Crippen LogP contribution in [0.25, 0.3) is 11.2 Å². The van der Waals surface area contributed by atoms with E-state index in [1.807, 2.05) is 19.1 Å². The number of aryl methyl sites for hydroxylation is 3. The van der Waals surface area contributed by atoms with Gasteiger partial charge in [-0.3, -0.25) is 18.7 Å². The molecule has 2 heterocycles. The summed E-state index contributed by atoms with van der Waals surface area (Å²) < 4.78 is 4.11. The first-order valence-electron chi connectivity index (χ1n) is 8.52. The highest BCUT2D eigenvalue weighted by Crippen LogP contribution is 2.26. The molecule has 2 aromatic heterocycles. The van der Waals surface area contributed by atoms with Crippen molar-refractivity contribution in [3.63, 3.8) is 0 Å². The highest BCUT2D eigenvalue weighted by Gasteiger charge is 2.17. The van der Waals surface area contributed by atoms with Crippen LogP contribution in [-0.2, 0) is 25.9 Å². The molecule has 0 saturated heterocycles. The fourth-order valence-corrected chi connectivity index (χ4v) is 4.09. The molecule has 0 saturated carbocycles. The third kappa shape index (κ3) is 3.59. The number of imidazole rings is 1. The Bertz CT molecular complexity index is 1170.